The van der Waals surface area contributed by atoms with Gasteiger partial charge in [-0.3, -0.25) is 0 Å². The van der Waals surface area contributed by atoms with E-state index >= 15 is 0 Å². The number of ether oxygens (including phenoxy) is 1. The Hall–Kier alpha value is -1.88. The Kier molecular flexibility index (Phi) is 3.69. The van der Waals surface area contributed by atoms with Crippen LogP contribution in [0, 0.1) is 0 Å². The van der Waals surface area contributed by atoms with Gasteiger partial charge in [-0.05, 0) is 18.9 Å². The van der Waals surface area contributed by atoms with Crippen LogP contribution in [0.2, 0.25) is 0 Å². The molecule has 1 aromatic carbocycles. The summed E-state index contributed by atoms with van der Waals surface area (Å²) in [5, 5.41) is 14.0. The maximum atomic E-state index is 9.41. The molecule has 1 unspecified atom stereocenters. The van der Waals surface area contributed by atoms with Crippen molar-refractivity contribution in [3.63, 3.8) is 0 Å². The Labute approximate surface area is 118 Å². The smallest absolute Gasteiger partial charge is 0.155 e. The van der Waals surface area contributed by atoms with E-state index in [1.165, 1.54) is 0 Å². The summed E-state index contributed by atoms with van der Waals surface area (Å²) in [6.45, 7) is 0.129. The van der Waals surface area contributed by atoms with Crippen LogP contribution in [-0.2, 0) is 12.8 Å². The number of benzene rings is 1. The molecule has 5 nitrogen and oxygen atoms in total. The summed E-state index contributed by atoms with van der Waals surface area (Å²) in [5.74, 6) is 2.64. The first-order valence-electron chi connectivity index (χ1n) is 6.99. The summed E-state index contributed by atoms with van der Waals surface area (Å²) < 4.78 is 7.26. The average molecular weight is 273 g/mol. The van der Waals surface area contributed by atoms with Gasteiger partial charge >= 0.3 is 0 Å². The molecular weight excluding hydrogens is 254 g/mol. The van der Waals surface area contributed by atoms with Gasteiger partial charge in [0.15, 0.2) is 5.82 Å². The van der Waals surface area contributed by atoms with Crippen LogP contribution in [0.5, 0.6) is 5.75 Å². The number of aliphatic hydroxyl groups excluding tert-OH is 1. The van der Waals surface area contributed by atoms with Crippen molar-refractivity contribution in [2.24, 2.45) is 0 Å². The van der Waals surface area contributed by atoms with Crippen LogP contribution in [0.3, 0.4) is 0 Å². The number of para-hydroxylation sites is 1. The van der Waals surface area contributed by atoms with Gasteiger partial charge in [0, 0.05) is 18.4 Å². The molecule has 0 fully saturated rings. The topological polar surface area (TPSA) is 60.2 Å². The third-order valence-electron chi connectivity index (χ3n) is 3.78. The largest absolute Gasteiger partial charge is 0.496 e. The first-order valence-corrected chi connectivity index (χ1v) is 6.99. The number of aliphatic hydroxyl groups is 1. The summed E-state index contributed by atoms with van der Waals surface area (Å²) in [7, 11) is 1.67. The number of nitrogens with zero attached hydrogens (tertiary/aromatic N) is 3. The normalized spacial score (nSPS) is 17.8. The van der Waals surface area contributed by atoms with E-state index < -0.39 is 0 Å². The van der Waals surface area contributed by atoms with Crippen molar-refractivity contribution in [1.82, 2.24) is 14.8 Å². The molecule has 1 aliphatic heterocycles. The highest BCUT2D eigenvalue weighted by atomic mass is 16.5. The third kappa shape index (κ3) is 2.41. The molecule has 2 aromatic rings. The molecular formula is C15H19N3O2. The molecule has 2 heterocycles. The van der Waals surface area contributed by atoms with E-state index in [0.29, 0.717) is 6.42 Å². The lowest BCUT2D eigenvalue weighted by Crippen LogP contribution is -2.22. The van der Waals surface area contributed by atoms with Gasteiger partial charge < -0.3 is 9.84 Å². The number of aromatic nitrogens is 3. The van der Waals surface area contributed by atoms with E-state index in [4.69, 9.17) is 4.74 Å². The van der Waals surface area contributed by atoms with Crippen molar-refractivity contribution in [3.05, 3.63) is 41.5 Å². The zero-order chi connectivity index (χ0) is 13.9. The number of rotatable bonds is 4. The van der Waals surface area contributed by atoms with Crippen molar-refractivity contribution in [1.29, 1.82) is 0 Å². The standard InChI is InChI=1S/C15H19N3O2/c1-20-13-7-3-2-5-11(13)9-14-16-15-8-4-6-12(10-19)18(15)17-14/h2-3,5,7,12,19H,4,6,8-10H2,1H3. The number of methoxy groups -OCH3 is 1. The summed E-state index contributed by atoms with van der Waals surface area (Å²) in [4.78, 5) is 4.60. The third-order valence-corrected chi connectivity index (χ3v) is 3.78. The van der Waals surface area contributed by atoms with Gasteiger partial charge in [-0.2, -0.15) is 5.10 Å². The summed E-state index contributed by atoms with van der Waals surface area (Å²) >= 11 is 0. The molecule has 3 rings (SSSR count). The maximum Gasteiger partial charge on any atom is 0.155 e. The van der Waals surface area contributed by atoms with Crippen LogP contribution in [0.15, 0.2) is 24.3 Å². The van der Waals surface area contributed by atoms with Crippen molar-refractivity contribution >= 4 is 0 Å². The monoisotopic (exact) mass is 273 g/mol. The van der Waals surface area contributed by atoms with Crippen LogP contribution in [-0.4, -0.2) is 33.6 Å². The molecule has 1 atom stereocenters. The van der Waals surface area contributed by atoms with Gasteiger partial charge in [-0.25, -0.2) is 9.67 Å². The zero-order valence-corrected chi connectivity index (χ0v) is 11.6. The first kappa shape index (κ1) is 13.1. The lowest BCUT2D eigenvalue weighted by molar-refractivity contribution is 0.195. The molecule has 0 amide bonds. The number of hydrogen-bond acceptors (Lipinski definition) is 4. The lowest BCUT2D eigenvalue weighted by Gasteiger charge is -2.20. The van der Waals surface area contributed by atoms with Gasteiger partial charge in [-0.1, -0.05) is 18.2 Å². The predicted molar refractivity (Wildman–Crippen MR) is 74.9 cm³/mol. The van der Waals surface area contributed by atoms with Gasteiger partial charge in [0.25, 0.3) is 0 Å². The van der Waals surface area contributed by atoms with E-state index in [2.05, 4.69) is 10.1 Å². The Balaban J connectivity index is 1.87. The molecule has 0 bridgehead atoms. The molecule has 106 valence electrons. The minimum absolute atomic E-state index is 0.0812. The number of fused-ring (bicyclic) bond motifs is 1. The molecule has 20 heavy (non-hydrogen) atoms. The molecule has 0 saturated carbocycles. The van der Waals surface area contributed by atoms with Crippen LogP contribution in [0.4, 0.5) is 0 Å². The predicted octanol–water partition coefficient (Wildman–Crippen LogP) is 1.75. The van der Waals surface area contributed by atoms with E-state index in [9.17, 15) is 5.11 Å². The SMILES string of the molecule is COc1ccccc1Cc1nc2n(n1)C(CO)CCC2. The average Bonchev–Trinajstić information content (AvgIpc) is 2.90. The fourth-order valence-corrected chi connectivity index (χ4v) is 2.75. The molecule has 1 aliphatic rings. The second kappa shape index (κ2) is 5.63. The van der Waals surface area contributed by atoms with E-state index in [0.717, 1.165) is 42.2 Å². The fourth-order valence-electron chi connectivity index (χ4n) is 2.75. The molecule has 1 aromatic heterocycles. The first-order chi connectivity index (χ1) is 9.81. The molecule has 0 radical (unpaired) electrons. The minimum Gasteiger partial charge on any atom is -0.496 e. The van der Waals surface area contributed by atoms with Gasteiger partial charge in [0.1, 0.15) is 11.6 Å². The quantitative estimate of drug-likeness (QED) is 0.922. The fraction of sp³-hybridized carbons (Fsp3) is 0.467. The maximum absolute atomic E-state index is 9.41. The second-order valence-electron chi connectivity index (χ2n) is 5.11. The Morgan fingerprint density at radius 1 is 1.40 bits per heavy atom. The van der Waals surface area contributed by atoms with Crippen molar-refractivity contribution in [3.8, 4) is 5.75 Å². The zero-order valence-electron chi connectivity index (χ0n) is 11.6. The van der Waals surface area contributed by atoms with Crippen LogP contribution in [0.1, 0.15) is 36.1 Å². The minimum atomic E-state index is 0.0812. The van der Waals surface area contributed by atoms with Crippen LogP contribution >= 0.6 is 0 Å². The highest BCUT2D eigenvalue weighted by molar-refractivity contribution is 5.35. The molecule has 0 saturated heterocycles. The highest BCUT2D eigenvalue weighted by Gasteiger charge is 2.22. The summed E-state index contributed by atoms with van der Waals surface area (Å²) in [5.41, 5.74) is 1.08. The number of hydrogen-bond donors (Lipinski definition) is 1. The second-order valence-corrected chi connectivity index (χ2v) is 5.11. The van der Waals surface area contributed by atoms with Crippen LogP contribution in [0.25, 0.3) is 0 Å². The molecule has 0 spiro atoms. The molecule has 1 N–H and O–H groups in total. The van der Waals surface area contributed by atoms with Crippen molar-refractivity contribution in [2.75, 3.05) is 13.7 Å². The van der Waals surface area contributed by atoms with Crippen LogP contribution < -0.4 is 4.74 Å². The van der Waals surface area contributed by atoms with Gasteiger partial charge in [0.05, 0.1) is 19.8 Å². The Morgan fingerprint density at radius 2 is 2.25 bits per heavy atom. The van der Waals surface area contributed by atoms with Crippen molar-refractivity contribution in [2.45, 2.75) is 31.7 Å². The van der Waals surface area contributed by atoms with Gasteiger partial charge in [-0.15, -0.1) is 0 Å². The molecule has 0 aliphatic carbocycles. The lowest BCUT2D eigenvalue weighted by atomic mass is 10.1. The number of aryl methyl sites for hydroxylation is 1. The van der Waals surface area contributed by atoms with Gasteiger partial charge in [0.2, 0.25) is 0 Å². The Bertz CT molecular complexity index is 595. The van der Waals surface area contributed by atoms with E-state index in [-0.39, 0.29) is 12.6 Å². The van der Waals surface area contributed by atoms with Crippen molar-refractivity contribution < 1.29 is 9.84 Å². The molecule has 5 heteroatoms. The van der Waals surface area contributed by atoms with E-state index in [1.54, 1.807) is 7.11 Å². The summed E-state index contributed by atoms with van der Waals surface area (Å²) in [6, 6.07) is 8.00. The summed E-state index contributed by atoms with van der Waals surface area (Å²) in [6.07, 6.45) is 3.64. The highest BCUT2D eigenvalue weighted by Crippen LogP contribution is 2.24. The Morgan fingerprint density at radius 3 is 3.05 bits per heavy atom. The van der Waals surface area contributed by atoms with E-state index in [1.807, 2.05) is 28.9 Å².